The molecule has 0 bridgehead atoms. The fourth-order valence-corrected chi connectivity index (χ4v) is 3.05. The number of aromatic nitrogens is 3. The van der Waals surface area contributed by atoms with Gasteiger partial charge in [0, 0.05) is 17.8 Å². The number of hydrogen-bond donors (Lipinski definition) is 3. The van der Waals surface area contributed by atoms with Gasteiger partial charge in [-0.25, -0.2) is 4.68 Å². The summed E-state index contributed by atoms with van der Waals surface area (Å²) in [6, 6.07) is 7.31. The highest BCUT2D eigenvalue weighted by atomic mass is 16.2. The smallest absolute Gasteiger partial charge is 0.277 e. The van der Waals surface area contributed by atoms with Crippen LogP contribution in [0.25, 0.3) is 0 Å². The molecular formula is C19H26N6O2. The Balaban J connectivity index is 1.56. The molecule has 0 unspecified atom stereocenters. The van der Waals surface area contributed by atoms with E-state index < -0.39 is 0 Å². The van der Waals surface area contributed by atoms with Crippen LogP contribution in [-0.4, -0.2) is 39.9 Å². The summed E-state index contributed by atoms with van der Waals surface area (Å²) in [5.74, 6) is -0.00931. The topological polar surface area (TPSA) is 101 Å². The summed E-state index contributed by atoms with van der Waals surface area (Å²) in [6.45, 7) is 5.90. The van der Waals surface area contributed by atoms with Crippen LogP contribution < -0.4 is 16.0 Å². The molecule has 144 valence electrons. The number of carbonyl (C=O) groups is 2. The molecule has 27 heavy (non-hydrogen) atoms. The van der Waals surface area contributed by atoms with Crippen molar-refractivity contribution in [2.45, 2.75) is 39.2 Å². The van der Waals surface area contributed by atoms with Crippen LogP contribution in [0.3, 0.4) is 0 Å². The van der Waals surface area contributed by atoms with E-state index in [0.717, 1.165) is 25.9 Å². The Morgan fingerprint density at radius 3 is 2.41 bits per heavy atom. The van der Waals surface area contributed by atoms with E-state index in [4.69, 9.17) is 0 Å². The standard InChI is InChI=1S/C19H26N6O2/c1-13(2)11-18(26)21-14-3-5-15(6-4-14)22-19(27)17-12-25(24-23-17)16-7-9-20-10-8-16/h3-6,12-13,16,20H,7-11H2,1-2H3,(H,21,26)(H,22,27). The Hall–Kier alpha value is -2.74. The van der Waals surface area contributed by atoms with Gasteiger partial charge in [0.2, 0.25) is 5.91 Å². The van der Waals surface area contributed by atoms with Crippen molar-refractivity contribution in [2.75, 3.05) is 23.7 Å². The average Bonchev–Trinajstić information content (AvgIpc) is 3.14. The lowest BCUT2D eigenvalue weighted by Gasteiger charge is -2.22. The number of amides is 2. The number of piperidine rings is 1. The molecule has 0 radical (unpaired) electrons. The second kappa shape index (κ2) is 8.77. The monoisotopic (exact) mass is 370 g/mol. The maximum Gasteiger partial charge on any atom is 0.277 e. The molecule has 1 aliphatic heterocycles. The number of nitrogens with one attached hydrogen (secondary N) is 3. The van der Waals surface area contributed by atoms with Gasteiger partial charge in [0.25, 0.3) is 5.91 Å². The van der Waals surface area contributed by atoms with Gasteiger partial charge in [-0.3, -0.25) is 9.59 Å². The Morgan fingerprint density at radius 2 is 1.78 bits per heavy atom. The zero-order valence-corrected chi connectivity index (χ0v) is 15.7. The highest BCUT2D eigenvalue weighted by Gasteiger charge is 2.18. The molecule has 0 atom stereocenters. The predicted molar refractivity (Wildman–Crippen MR) is 104 cm³/mol. The van der Waals surface area contributed by atoms with Crippen LogP contribution in [0.4, 0.5) is 11.4 Å². The summed E-state index contributed by atoms with van der Waals surface area (Å²) in [5.41, 5.74) is 1.64. The lowest BCUT2D eigenvalue weighted by atomic mass is 10.1. The van der Waals surface area contributed by atoms with E-state index in [1.807, 2.05) is 13.8 Å². The van der Waals surface area contributed by atoms with Gasteiger partial charge in [0.05, 0.1) is 12.2 Å². The van der Waals surface area contributed by atoms with Gasteiger partial charge in [-0.1, -0.05) is 19.1 Å². The maximum atomic E-state index is 12.4. The van der Waals surface area contributed by atoms with Gasteiger partial charge in [-0.15, -0.1) is 5.10 Å². The molecule has 1 aromatic carbocycles. The molecule has 2 aromatic rings. The second-order valence-electron chi connectivity index (χ2n) is 7.24. The lowest BCUT2D eigenvalue weighted by Crippen LogP contribution is -2.29. The first kappa shape index (κ1) is 19.0. The average molecular weight is 370 g/mol. The fraction of sp³-hybridized carbons (Fsp3) is 0.474. The molecule has 1 aliphatic rings. The van der Waals surface area contributed by atoms with Gasteiger partial charge in [0.1, 0.15) is 0 Å². The first-order valence-electron chi connectivity index (χ1n) is 9.35. The van der Waals surface area contributed by atoms with Crippen LogP contribution in [0.15, 0.2) is 30.5 Å². The third kappa shape index (κ3) is 5.37. The third-order valence-corrected chi connectivity index (χ3v) is 4.45. The van der Waals surface area contributed by atoms with Crippen molar-refractivity contribution in [3.8, 4) is 0 Å². The van der Waals surface area contributed by atoms with Gasteiger partial charge in [0.15, 0.2) is 5.69 Å². The van der Waals surface area contributed by atoms with Crippen LogP contribution in [0.2, 0.25) is 0 Å². The van der Waals surface area contributed by atoms with Gasteiger partial charge in [-0.05, 0) is 56.1 Å². The van der Waals surface area contributed by atoms with Crippen molar-refractivity contribution >= 4 is 23.2 Å². The highest BCUT2D eigenvalue weighted by molar-refractivity contribution is 6.02. The summed E-state index contributed by atoms with van der Waals surface area (Å²) in [4.78, 5) is 24.2. The van der Waals surface area contributed by atoms with Crippen LogP contribution in [0.1, 0.15) is 49.6 Å². The minimum Gasteiger partial charge on any atom is -0.326 e. The van der Waals surface area contributed by atoms with Gasteiger partial charge < -0.3 is 16.0 Å². The zero-order valence-electron chi connectivity index (χ0n) is 15.7. The molecule has 0 saturated carbocycles. The van der Waals surface area contributed by atoms with E-state index in [1.54, 1.807) is 35.1 Å². The molecule has 1 aromatic heterocycles. The summed E-state index contributed by atoms with van der Waals surface area (Å²) in [5, 5.41) is 17.1. The molecule has 2 amide bonds. The number of benzene rings is 1. The molecule has 0 spiro atoms. The van der Waals surface area contributed by atoms with Crippen LogP contribution in [0.5, 0.6) is 0 Å². The highest BCUT2D eigenvalue weighted by Crippen LogP contribution is 2.18. The van der Waals surface area contributed by atoms with Crippen molar-refractivity contribution in [1.29, 1.82) is 0 Å². The van der Waals surface area contributed by atoms with E-state index in [1.165, 1.54) is 0 Å². The molecule has 2 heterocycles. The van der Waals surface area contributed by atoms with Gasteiger partial charge >= 0.3 is 0 Å². The summed E-state index contributed by atoms with van der Waals surface area (Å²) in [6.07, 6.45) is 4.14. The van der Waals surface area contributed by atoms with Crippen LogP contribution in [-0.2, 0) is 4.79 Å². The maximum absolute atomic E-state index is 12.4. The fourth-order valence-electron chi connectivity index (χ4n) is 3.05. The first-order chi connectivity index (χ1) is 13.0. The molecule has 8 nitrogen and oxygen atoms in total. The molecule has 3 N–H and O–H groups in total. The number of hydrogen-bond acceptors (Lipinski definition) is 5. The van der Waals surface area contributed by atoms with E-state index in [-0.39, 0.29) is 17.9 Å². The summed E-state index contributed by atoms with van der Waals surface area (Å²) < 4.78 is 1.78. The minimum atomic E-state index is -0.299. The number of rotatable bonds is 6. The van der Waals surface area contributed by atoms with Crippen LogP contribution in [0, 0.1) is 5.92 Å². The van der Waals surface area contributed by atoms with E-state index in [2.05, 4.69) is 26.3 Å². The van der Waals surface area contributed by atoms with Crippen molar-refractivity contribution in [3.05, 3.63) is 36.2 Å². The first-order valence-corrected chi connectivity index (χ1v) is 9.35. The Bertz CT molecular complexity index is 778. The number of carbonyl (C=O) groups excluding carboxylic acids is 2. The number of anilines is 2. The molecule has 1 saturated heterocycles. The molecular weight excluding hydrogens is 344 g/mol. The largest absolute Gasteiger partial charge is 0.326 e. The zero-order chi connectivity index (χ0) is 19.2. The van der Waals surface area contributed by atoms with Crippen molar-refractivity contribution in [1.82, 2.24) is 20.3 Å². The van der Waals surface area contributed by atoms with Crippen LogP contribution >= 0.6 is 0 Å². The van der Waals surface area contributed by atoms with E-state index in [0.29, 0.717) is 29.4 Å². The summed E-state index contributed by atoms with van der Waals surface area (Å²) in [7, 11) is 0. The molecule has 0 aliphatic carbocycles. The Morgan fingerprint density at radius 1 is 1.15 bits per heavy atom. The normalized spacial score (nSPS) is 14.9. The quantitative estimate of drug-likeness (QED) is 0.725. The predicted octanol–water partition coefficient (Wildman–Crippen LogP) is 2.44. The third-order valence-electron chi connectivity index (χ3n) is 4.45. The Labute approximate surface area is 158 Å². The Kier molecular flexibility index (Phi) is 6.18. The SMILES string of the molecule is CC(C)CC(=O)Nc1ccc(NC(=O)c2cn(C3CCNCC3)nn2)cc1. The van der Waals surface area contributed by atoms with Crippen molar-refractivity contribution in [3.63, 3.8) is 0 Å². The van der Waals surface area contributed by atoms with E-state index >= 15 is 0 Å². The molecule has 8 heteroatoms. The molecule has 3 rings (SSSR count). The molecule has 1 fully saturated rings. The lowest BCUT2D eigenvalue weighted by molar-refractivity contribution is -0.116. The van der Waals surface area contributed by atoms with Crippen molar-refractivity contribution in [2.24, 2.45) is 5.92 Å². The van der Waals surface area contributed by atoms with Crippen molar-refractivity contribution < 1.29 is 9.59 Å². The minimum absolute atomic E-state index is 0.0173. The number of nitrogens with zero attached hydrogens (tertiary/aromatic N) is 3. The van der Waals surface area contributed by atoms with E-state index in [9.17, 15) is 9.59 Å². The van der Waals surface area contributed by atoms with Gasteiger partial charge in [-0.2, -0.15) is 0 Å². The summed E-state index contributed by atoms with van der Waals surface area (Å²) >= 11 is 0. The second-order valence-corrected chi connectivity index (χ2v) is 7.24.